The second-order valence-corrected chi connectivity index (χ2v) is 4.46. The van der Waals surface area contributed by atoms with Crippen LogP contribution < -0.4 is 0 Å². The summed E-state index contributed by atoms with van der Waals surface area (Å²) in [5.41, 5.74) is 0. The molecule has 12 heavy (non-hydrogen) atoms. The lowest BCUT2D eigenvalue weighted by Crippen LogP contribution is -2.44. The first kappa shape index (κ1) is 8.39. The van der Waals surface area contributed by atoms with E-state index in [0.29, 0.717) is 0 Å². The van der Waals surface area contributed by atoms with Gasteiger partial charge in [0.1, 0.15) is 0 Å². The van der Waals surface area contributed by atoms with Crippen LogP contribution in [0.2, 0.25) is 0 Å². The van der Waals surface area contributed by atoms with Crippen LogP contribution >= 0.6 is 23.2 Å². The van der Waals surface area contributed by atoms with Crippen LogP contribution in [-0.4, -0.2) is 21.3 Å². The zero-order valence-corrected chi connectivity index (χ0v) is 7.72. The maximum Gasteiger partial charge on any atom is 0.326 e. The third kappa shape index (κ3) is 0.798. The second kappa shape index (κ2) is 2.39. The Morgan fingerprint density at radius 2 is 2.25 bits per heavy atom. The van der Waals surface area contributed by atoms with Gasteiger partial charge in [0, 0.05) is 5.92 Å². The van der Waals surface area contributed by atoms with Crippen LogP contribution in [0.5, 0.6) is 0 Å². The highest BCUT2D eigenvalue weighted by Crippen LogP contribution is 2.52. The van der Waals surface area contributed by atoms with E-state index in [1.54, 1.807) is 0 Å². The fourth-order valence-electron chi connectivity index (χ4n) is 2.05. The van der Waals surface area contributed by atoms with Crippen molar-refractivity contribution in [2.75, 3.05) is 0 Å². The molecule has 0 heterocycles. The molecule has 0 saturated heterocycles. The fraction of sp³-hybridized carbons (Fsp3) is 0.625. The summed E-state index contributed by atoms with van der Waals surface area (Å²) in [6, 6.07) is 0. The maximum absolute atomic E-state index is 10.9. The van der Waals surface area contributed by atoms with Crippen molar-refractivity contribution in [2.45, 2.75) is 16.7 Å². The second-order valence-electron chi connectivity index (χ2n) is 3.37. The monoisotopic (exact) mass is 206 g/mol. The molecule has 0 radical (unpaired) electrons. The van der Waals surface area contributed by atoms with E-state index in [0.717, 1.165) is 6.42 Å². The topological polar surface area (TPSA) is 37.3 Å². The molecule has 1 fully saturated rings. The molecule has 2 bridgehead atoms. The van der Waals surface area contributed by atoms with Crippen molar-refractivity contribution in [1.82, 2.24) is 0 Å². The van der Waals surface area contributed by atoms with Crippen LogP contribution in [0.25, 0.3) is 0 Å². The van der Waals surface area contributed by atoms with E-state index in [2.05, 4.69) is 0 Å². The van der Waals surface area contributed by atoms with Gasteiger partial charge in [-0.2, -0.15) is 0 Å². The van der Waals surface area contributed by atoms with Crippen molar-refractivity contribution >= 4 is 29.2 Å². The Morgan fingerprint density at radius 3 is 2.58 bits per heavy atom. The molecule has 2 aliphatic rings. The Labute approximate surface area is 80.2 Å². The van der Waals surface area contributed by atoms with Crippen molar-refractivity contribution < 1.29 is 9.90 Å². The highest BCUT2D eigenvalue weighted by molar-refractivity contribution is 6.41. The van der Waals surface area contributed by atoms with Gasteiger partial charge < -0.3 is 5.11 Å². The number of halogens is 2. The summed E-state index contributed by atoms with van der Waals surface area (Å²) >= 11 is 11.9. The van der Waals surface area contributed by atoms with Crippen LogP contribution in [-0.2, 0) is 4.79 Å². The molecule has 0 spiro atoms. The highest BCUT2D eigenvalue weighted by atomic mass is 35.5. The van der Waals surface area contributed by atoms with Crippen molar-refractivity contribution in [2.24, 2.45) is 11.8 Å². The van der Waals surface area contributed by atoms with E-state index in [1.807, 2.05) is 12.2 Å². The maximum atomic E-state index is 10.9. The first-order valence-electron chi connectivity index (χ1n) is 3.81. The first-order chi connectivity index (χ1) is 5.56. The normalized spacial score (nSPS) is 50.0. The number of hydrogen-bond donors (Lipinski definition) is 1. The van der Waals surface area contributed by atoms with Gasteiger partial charge in [0.25, 0.3) is 0 Å². The molecule has 2 rings (SSSR count). The summed E-state index contributed by atoms with van der Waals surface area (Å²) in [6.07, 6.45) is 4.61. The average molecular weight is 207 g/mol. The molecular weight excluding hydrogens is 199 g/mol. The molecule has 4 heteroatoms. The van der Waals surface area contributed by atoms with Gasteiger partial charge in [-0.3, -0.25) is 4.79 Å². The van der Waals surface area contributed by atoms with Gasteiger partial charge >= 0.3 is 5.97 Å². The number of hydrogen-bond acceptors (Lipinski definition) is 1. The van der Waals surface area contributed by atoms with Crippen molar-refractivity contribution in [1.29, 1.82) is 0 Å². The lowest BCUT2D eigenvalue weighted by molar-refractivity contribution is -0.140. The molecular formula is C8H8Cl2O2. The Hall–Kier alpha value is -0.210. The summed E-state index contributed by atoms with van der Waals surface area (Å²) in [5, 5.41) is 8.45. The predicted molar refractivity (Wildman–Crippen MR) is 46.6 cm³/mol. The Bertz CT molecular complexity index is 264. The van der Waals surface area contributed by atoms with Crippen molar-refractivity contribution in [3.63, 3.8) is 0 Å². The minimum Gasteiger partial charge on any atom is -0.480 e. The zero-order chi connectivity index (χ0) is 8.93. The molecule has 0 aromatic rings. The SMILES string of the molecule is O=C(O)C1(Cl)C2C=CC(C2)C1Cl. The number of carbonyl (C=O) groups is 1. The minimum absolute atomic E-state index is 0.0934. The third-order valence-electron chi connectivity index (χ3n) is 2.76. The van der Waals surface area contributed by atoms with Gasteiger partial charge in [0.05, 0.1) is 5.38 Å². The van der Waals surface area contributed by atoms with Gasteiger partial charge in [-0.15, -0.1) is 23.2 Å². The molecule has 4 atom stereocenters. The largest absolute Gasteiger partial charge is 0.480 e. The van der Waals surface area contributed by atoms with Gasteiger partial charge in [0.2, 0.25) is 0 Å². The van der Waals surface area contributed by atoms with E-state index in [9.17, 15) is 4.79 Å². The van der Waals surface area contributed by atoms with Gasteiger partial charge in [0.15, 0.2) is 4.87 Å². The minimum atomic E-state index is -1.26. The van der Waals surface area contributed by atoms with E-state index in [4.69, 9.17) is 28.3 Å². The van der Waals surface area contributed by atoms with Crippen molar-refractivity contribution in [3.8, 4) is 0 Å². The number of alkyl halides is 2. The molecule has 0 amide bonds. The Morgan fingerprint density at radius 1 is 1.58 bits per heavy atom. The molecule has 4 unspecified atom stereocenters. The van der Waals surface area contributed by atoms with Crippen LogP contribution in [0.15, 0.2) is 12.2 Å². The van der Waals surface area contributed by atoms with Crippen LogP contribution in [0, 0.1) is 11.8 Å². The summed E-state index contributed by atoms with van der Waals surface area (Å²) in [4.78, 5) is 9.61. The number of fused-ring (bicyclic) bond motifs is 2. The van der Waals surface area contributed by atoms with Gasteiger partial charge in [-0.25, -0.2) is 0 Å². The summed E-state index contributed by atoms with van der Waals surface area (Å²) < 4.78 is 0. The van der Waals surface area contributed by atoms with Gasteiger partial charge in [-0.1, -0.05) is 12.2 Å². The Balaban J connectivity index is 2.39. The summed E-state index contributed by atoms with van der Waals surface area (Å²) in [5.74, 6) is -0.949. The highest BCUT2D eigenvalue weighted by Gasteiger charge is 2.59. The summed E-state index contributed by atoms with van der Waals surface area (Å²) in [6.45, 7) is 0. The molecule has 0 aromatic carbocycles. The van der Waals surface area contributed by atoms with Crippen molar-refractivity contribution in [3.05, 3.63) is 12.2 Å². The predicted octanol–water partition coefficient (Wildman–Crippen LogP) is 1.86. The smallest absolute Gasteiger partial charge is 0.326 e. The van der Waals surface area contributed by atoms with E-state index < -0.39 is 16.2 Å². The molecule has 1 N–H and O–H groups in total. The number of aliphatic carboxylic acids is 1. The number of allylic oxidation sites excluding steroid dienone is 2. The molecule has 66 valence electrons. The number of carboxylic acids is 1. The zero-order valence-electron chi connectivity index (χ0n) is 6.21. The standard InChI is InChI=1S/C8H8Cl2O2/c9-6-4-1-2-5(3-4)8(6,10)7(11)12/h1-2,4-6H,3H2,(H,11,12). The third-order valence-corrected chi connectivity index (χ3v) is 4.22. The van der Waals surface area contributed by atoms with Crippen LogP contribution in [0.4, 0.5) is 0 Å². The number of rotatable bonds is 1. The van der Waals surface area contributed by atoms with Crippen LogP contribution in [0.1, 0.15) is 6.42 Å². The quantitative estimate of drug-likeness (QED) is 0.526. The van der Waals surface area contributed by atoms with Gasteiger partial charge in [-0.05, 0) is 12.3 Å². The lowest BCUT2D eigenvalue weighted by Gasteiger charge is -2.27. The molecule has 0 aliphatic heterocycles. The molecule has 1 saturated carbocycles. The number of carboxylic acid groups (broad SMARTS) is 1. The Kier molecular flexibility index (Phi) is 1.67. The first-order valence-corrected chi connectivity index (χ1v) is 4.63. The fourth-order valence-corrected chi connectivity index (χ4v) is 2.81. The van der Waals surface area contributed by atoms with E-state index >= 15 is 0 Å². The average Bonchev–Trinajstić information content (AvgIpc) is 2.55. The molecule has 0 aromatic heterocycles. The molecule has 2 nitrogen and oxygen atoms in total. The summed E-state index contributed by atoms with van der Waals surface area (Å²) in [7, 11) is 0. The van der Waals surface area contributed by atoms with E-state index in [1.165, 1.54) is 0 Å². The van der Waals surface area contributed by atoms with E-state index in [-0.39, 0.29) is 11.8 Å². The lowest BCUT2D eigenvalue weighted by atomic mass is 9.92. The van der Waals surface area contributed by atoms with Crippen LogP contribution in [0.3, 0.4) is 0 Å². The molecule has 2 aliphatic carbocycles.